The zero-order chi connectivity index (χ0) is 6.57. The van der Waals surface area contributed by atoms with Crippen LogP contribution in [-0.2, 0) is 19.1 Å². The molecule has 0 radical (unpaired) electrons. The largest absolute Gasteiger partial charge is 1.00 e. The second-order valence-corrected chi connectivity index (χ2v) is 0.983. The van der Waals surface area contributed by atoms with Crippen molar-refractivity contribution in [3.05, 3.63) is 0 Å². The second-order valence-electron chi connectivity index (χ2n) is 0.983. The number of methoxy groups -OCH3 is 2. The Kier molecular flexibility index (Phi) is 17.0. The first-order valence-corrected chi connectivity index (χ1v) is 1.88. The van der Waals surface area contributed by atoms with Crippen LogP contribution in [0.25, 0.3) is 0 Å². The molecule has 0 N–H and O–H groups in total. The predicted octanol–water partition coefficient (Wildman–Crippen LogP) is -6.43. The number of hydrogen-bond donors (Lipinski definition) is 0. The Hall–Kier alpha value is 0.940. The third-order valence-corrected chi connectivity index (χ3v) is 0.537. The molecular formula is C4H8Na2O4. The van der Waals surface area contributed by atoms with Gasteiger partial charge in [-0.05, 0) is 0 Å². The number of carbonyl (C=O) groups excluding carboxylic acids is 2. The van der Waals surface area contributed by atoms with Crippen molar-refractivity contribution in [2.24, 2.45) is 0 Å². The smallest absolute Gasteiger partial charge is 1.00 e. The topological polar surface area (TPSA) is 52.6 Å². The fourth-order valence-corrected chi connectivity index (χ4v) is 0.167. The fraction of sp³-hybridized carbons (Fsp3) is 0.500. The first-order chi connectivity index (χ1) is 3.72. The monoisotopic (exact) mass is 166 g/mol. The van der Waals surface area contributed by atoms with Crippen LogP contribution < -0.4 is 59.1 Å². The molecule has 4 nitrogen and oxygen atoms in total. The summed E-state index contributed by atoms with van der Waals surface area (Å²) >= 11 is 0. The minimum absolute atomic E-state index is 0. The summed E-state index contributed by atoms with van der Waals surface area (Å²) in [5, 5.41) is 0. The molecule has 0 spiro atoms. The molecule has 0 saturated heterocycles. The van der Waals surface area contributed by atoms with Crippen LogP contribution in [0.3, 0.4) is 0 Å². The van der Waals surface area contributed by atoms with Crippen molar-refractivity contribution in [2.45, 2.75) is 0 Å². The molecule has 0 aromatic heterocycles. The average molecular weight is 166 g/mol. The Morgan fingerprint density at radius 1 is 1.00 bits per heavy atom. The number of ether oxygens (including phenoxy) is 2. The van der Waals surface area contributed by atoms with Crippen LogP contribution in [0.5, 0.6) is 0 Å². The van der Waals surface area contributed by atoms with E-state index in [0.29, 0.717) is 0 Å². The van der Waals surface area contributed by atoms with Crippen LogP contribution in [-0.4, -0.2) is 26.2 Å². The van der Waals surface area contributed by atoms with Gasteiger partial charge in [-0.15, -0.1) is 0 Å². The first kappa shape index (κ1) is 17.1. The number of esters is 2. The molecule has 0 aliphatic carbocycles. The van der Waals surface area contributed by atoms with Crippen LogP contribution in [0.2, 0.25) is 0 Å². The molecule has 0 bridgehead atoms. The van der Waals surface area contributed by atoms with E-state index in [0.717, 1.165) is 14.2 Å². The van der Waals surface area contributed by atoms with Crippen molar-refractivity contribution in [1.82, 2.24) is 0 Å². The first-order valence-electron chi connectivity index (χ1n) is 1.88. The molecule has 10 heavy (non-hydrogen) atoms. The van der Waals surface area contributed by atoms with E-state index in [9.17, 15) is 9.59 Å². The minimum atomic E-state index is -0.979. The molecular weight excluding hydrogens is 158 g/mol. The standard InChI is InChI=1S/C4H6O4.2Na.2H/c1-7-3(5)4(6)8-2;;;;/h1-2H3;;;;/q;2*+1;2*-1. The maximum Gasteiger partial charge on any atom is 1.00 e. The Labute approximate surface area is 106 Å². The van der Waals surface area contributed by atoms with Gasteiger partial charge in [0.05, 0.1) is 14.2 Å². The van der Waals surface area contributed by atoms with E-state index in [2.05, 4.69) is 9.47 Å². The molecule has 0 aromatic rings. The van der Waals surface area contributed by atoms with Crippen LogP contribution in [0.1, 0.15) is 2.85 Å². The van der Waals surface area contributed by atoms with Gasteiger partial charge in [0, 0.05) is 0 Å². The van der Waals surface area contributed by atoms with Gasteiger partial charge in [-0.25, -0.2) is 9.59 Å². The average Bonchev–Trinajstić information content (AvgIpc) is 1.84. The summed E-state index contributed by atoms with van der Waals surface area (Å²) in [5.41, 5.74) is 0. The molecule has 0 aliphatic rings. The van der Waals surface area contributed by atoms with E-state index in [1.807, 2.05) is 0 Å². The van der Waals surface area contributed by atoms with Crippen molar-refractivity contribution in [3.8, 4) is 0 Å². The van der Waals surface area contributed by atoms with Gasteiger partial charge < -0.3 is 12.3 Å². The number of hydrogen-bond acceptors (Lipinski definition) is 4. The summed E-state index contributed by atoms with van der Waals surface area (Å²) < 4.78 is 7.98. The maximum atomic E-state index is 10.0. The van der Waals surface area contributed by atoms with Gasteiger partial charge in [0.1, 0.15) is 0 Å². The zero-order valence-corrected chi connectivity index (χ0v) is 10.6. The van der Waals surface area contributed by atoms with Crippen LogP contribution >= 0.6 is 0 Å². The number of carbonyl (C=O) groups is 2. The molecule has 50 valence electrons. The summed E-state index contributed by atoms with van der Waals surface area (Å²) in [4.78, 5) is 20.1. The van der Waals surface area contributed by atoms with E-state index in [1.165, 1.54) is 0 Å². The van der Waals surface area contributed by atoms with Crippen molar-refractivity contribution in [1.29, 1.82) is 0 Å². The van der Waals surface area contributed by atoms with Crippen LogP contribution in [0.4, 0.5) is 0 Å². The van der Waals surface area contributed by atoms with Gasteiger partial charge >= 0.3 is 71.1 Å². The van der Waals surface area contributed by atoms with Crippen LogP contribution in [0, 0.1) is 0 Å². The normalized spacial score (nSPS) is 6.20. The second kappa shape index (κ2) is 9.94. The van der Waals surface area contributed by atoms with E-state index >= 15 is 0 Å². The van der Waals surface area contributed by atoms with Gasteiger partial charge in [-0.2, -0.15) is 0 Å². The summed E-state index contributed by atoms with van der Waals surface area (Å²) in [7, 11) is 2.22. The van der Waals surface area contributed by atoms with E-state index < -0.39 is 11.9 Å². The maximum absolute atomic E-state index is 10.0. The summed E-state index contributed by atoms with van der Waals surface area (Å²) in [6.07, 6.45) is 0. The Morgan fingerprint density at radius 2 is 1.20 bits per heavy atom. The quantitative estimate of drug-likeness (QED) is 0.204. The summed E-state index contributed by atoms with van der Waals surface area (Å²) in [6, 6.07) is 0. The predicted molar refractivity (Wildman–Crippen MR) is 26.3 cm³/mol. The van der Waals surface area contributed by atoms with E-state index in [4.69, 9.17) is 0 Å². The van der Waals surface area contributed by atoms with Gasteiger partial charge in [0.25, 0.3) is 0 Å². The zero-order valence-electron chi connectivity index (χ0n) is 8.63. The third kappa shape index (κ3) is 7.05. The van der Waals surface area contributed by atoms with E-state index in [1.54, 1.807) is 0 Å². The van der Waals surface area contributed by atoms with Crippen molar-refractivity contribution < 1.29 is 81.0 Å². The summed E-state index contributed by atoms with van der Waals surface area (Å²) in [6.45, 7) is 0. The fourth-order valence-electron chi connectivity index (χ4n) is 0.167. The Morgan fingerprint density at radius 3 is 1.30 bits per heavy atom. The molecule has 0 saturated carbocycles. The van der Waals surface area contributed by atoms with Gasteiger partial charge in [-0.3, -0.25) is 0 Å². The van der Waals surface area contributed by atoms with Gasteiger partial charge in [0.15, 0.2) is 0 Å². The summed E-state index contributed by atoms with van der Waals surface area (Å²) in [5.74, 6) is -1.96. The molecule has 0 aromatic carbocycles. The van der Waals surface area contributed by atoms with Crippen LogP contribution in [0.15, 0.2) is 0 Å². The molecule has 0 rings (SSSR count). The van der Waals surface area contributed by atoms with Crippen molar-refractivity contribution >= 4 is 11.9 Å². The molecule has 0 amide bonds. The van der Waals surface area contributed by atoms with E-state index in [-0.39, 0.29) is 62.0 Å². The van der Waals surface area contributed by atoms with Crippen molar-refractivity contribution in [2.75, 3.05) is 14.2 Å². The third-order valence-electron chi connectivity index (χ3n) is 0.537. The SMILES string of the molecule is COC(=O)C(=O)OC.[H-].[H-].[Na+].[Na+]. The molecule has 0 heterocycles. The molecule has 0 aliphatic heterocycles. The Bertz CT molecular complexity index is 108. The molecule has 0 fully saturated rings. The molecule has 0 atom stereocenters. The minimum Gasteiger partial charge on any atom is -1.00 e. The molecule has 6 heteroatoms. The molecule has 0 unspecified atom stereocenters. The van der Waals surface area contributed by atoms with Gasteiger partial charge in [0.2, 0.25) is 0 Å². The number of rotatable bonds is 0. The van der Waals surface area contributed by atoms with Crippen molar-refractivity contribution in [3.63, 3.8) is 0 Å². The van der Waals surface area contributed by atoms with Gasteiger partial charge in [-0.1, -0.05) is 0 Å². The Balaban J connectivity index is -0.0000000408.